The molecule has 282 valence electrons. The van der Waals surface area contributed by atoms with E-state index in [9.17, 15) is 24.0 Å². The Morgan fingerprint density at radius 2 is 1.36 bits per heavy atom. The van der Waals surface area contributed by atoms with Crippen LogP contribution in [0.4, 0.5) is 0 Å². The van der Waals surface area contributed by atoms with Crippen molar-refractivity contribution in [3.63, 3.8) is 0 Å². The Kier molecular flexibility index (Phi) is 20.9. The molecule has 1 saturated heterocycles. The van der Waals surface area contributed by atoms with Gasteiger partial charge in [-0.15, -0.1) is 0 Å². The molecule has 1 aromatic rings. The van der Waals surface area contributed by atoms with Gasteiger partial charge in [-0.05, 0) is 12.0 Å². The lowest BCUT2D eigenvalue weighted by atomic mass is 9.97. The predicted molar refractivity (Wildman–Crippen MR) is 184 cm³/mol. The van der Waals surface area contributed by atoms with E-state index in [4.69, 9.17) is 34.2 Å². The second-order valence-corrected chi connectivity index (χ2v) is 12.7. The van der Waals surface area contributed by atoms with Gasteiger partial charge in [-0.2, -0.15) is 0 Å². The summed E-state index contributed by atoms with van der Waals surface area (Å²) in [6.07, 6.45) is 8.40. The molecule has 0 aliphatic carbocycles. The third kappa shape index (κ3) is 17.4. The van der Waals surface area contributed by atoms with Crippen LogP contribution in [0.1, 0.15) is 117 Å². The van der Waals surface area contributed by atoms with E-state index >= 15 is 0 Å². The highest BCUT2D eigenvalue weighted by Gasteiger charge is 2.49. The van der Waals surface area contributed by atoms with Crippen molar-refractivity contribution in [1.29, 1.82) is 0 Å². The summed E-state index contributed by atoms with van der Waals surface area (Å²) in [6.45, 7) is 5.35. The lowest BCUT2D eigenvalue weighted by Gasteiger charge is -2.43. The first-order chi connectivity index (χ1) is 24.0. The number of nitrogens with one attached hydrogen (secondary N) is 1. The third-order valence-electron chi connectivity index (χ3n) is 8.29. The lowest BCUT2D eigenvalue weighted by Crippen LogP contribution is -2.64. The summed E-state index contributed by atoms with van der Waals surface area (Å²) in [7, 11) is 0. The summed E-state index contributed by atoms with van der Waals surface area (Å²) in [6, 6.07) is 7.04. The molecule has 0 bridgehead atoms. The van der Waals surface area contributed by atoms with Gasteiger partial charge in [0, 0.05) is 33.6 Å². The average molecular weight is 707 g/mol. The quantitative estimate of drug-likeness (QED) is 0.0854. The fraction of sp³-hybridized carbons (Fsp3) is 0.703. The summed E-state index contributed by atoms with van der Waals surface area (Å²) >= 11 is 0. The van der Waals surface area contributed by atoms with Crippen LogP contribution in [0.2, 0.25) is 0 Å². The summed E-state index contributed by atoms with van der Waals surface area (Å²) in [5.74, 6) is -2.87. The van der Waals surface area contributed by atoms with Gasteiger partial charge in [0.2, 0.25) is 5.91 Å². The monoisotopic (exact) mass is 706 g/mol. The average Bonchev–Trinajstić information content (AvgIpc) is 3.07. The second kappa shape index (κ2) is 24.6. The second-order valence-electron chi connectivity index (χ2n) is 12.7. The van der Waals surface area contributed by atoms with Gasteiger partial charge in [0.15, 0.2) is 18.5 Å². The normalized spacial score (nSPS) is 20.7. The SMILES string of the molecule is CCCCCCCCCCCCCC(=O)N[C@@H](CCO[C@@H]1O[C@H](COC(C)=O)[C@@H](OC(C)=O)[C@H](OC(C)=O)[C@H]1N)C(=O)OCc1ccccc1. The molecule has 50 heavy (non-hydrogen) atoms. The number of hydrogen-bond acceptors (Lipinski definition) is 12. The fourth-order valence-electron chi connectivity index (χ4n) is 5.68. The molecule has 6 atom stereocenters. The van der Waals surface area contributed by atoms with Crippen molar-refractivity contribution < 1.29 is 52.4 Å². The maximum absolute atomic E-state index is 13.2. The third-order valence-corrected chi connectivity index (χ3v) is 8.29. The number of unbranched alkanes of at least 4 members (excludes halogenated alkanes) is 10. The smallest absolute Gasteiger partial charge is 0.329 e. The molecule has 1 aliphatic heterocycles. The standard InChI is InChI=1S/C37H58N2O11/c1-5-6-7-8-9-10-11-12-13-14-18-21-32(43)39-30(36(44)47-24-29-19-16-15-17-20-29)22-23-45-37-33(38)35(49-28(4)42)34(48-27(3)41)31(50-37)25-46-26(2)40/h15-17,19-20,30-31,33-35,37H,5-14,18,21-25,38H2,1-4H3,(H,39,43)/t30-,31+,33+,34+,35+,37+/m0/s1. The highest BCUT2D eigenvalue weighted by Crippen LogP contribution is 2.27. The zero-order valence-corrected chi connectivity index (χ0v) is 30.2. The van der Waals surface area contributed by atoms with Crippen molar-refractivity contribution in [3.8, 4) is 0 Å². The number of esters is 4. The zero-order chi connectivity index (χ0) is 36.7. The molecule has 0 saturated carbocycles. The van der Waals surface area contributed by atoms with Crippen LogP contribution in [-0.2, 0) is 59.0 Å². The van der Waals surface area contributed by atoms with Crippen LogP contribution in [0.15, 0.2) is 30.3 Å². The topological polar surface area (TPSA) is 179 Å². The molecule has 1 amide bonds. The van der Waals surface area contributed by atoms with E-state index in [1.807, 2.05) is 30.3 Å². The number of amides is 1. The Morgan fingerprint density at radius 1 is 0.780 bits per heavy atom. The summed E-state index contributed by atoms with van der Waals surface area (Å²) in [4.78, 5) is 61.4. The molecule has 2 rings (SSSR count). The van der Waals surface area contributed by atoms with E-state index in [1.54, 1.807) is 0 Å². The fourth-order valence-corrected chi connectivity index (χ4v) is 5.68. The van der Waals surface area contributed by atoms with Gasteiger partial charge in [0.1, 0.15) is 25.4 Å². The summed E-state index contributed by atoms with van der Waals surface area (Å²) in [5.41, 5.74) is 7.16. The van der Waals surface area contributed by atoms with Crippen LogP contribution in [-0.4, -0.2) is 79.7 Å². The van der Waals surface area contributed by atoms with E-state index in [2.05, 4.69) is 12.2 Å². The minimum absolute atomic E-state index is 0.0183. The predicted octanol–water partition coefficient (Wildman–Crippen LogP) is 4.80. The summed E-state index contributed by atoms with van der Waals surface area (Å²) < 4.78 is 33.2. The number of ether oxygens (including phenoxy) is 6. The highest BCUT2D eigenvalue weighted by atomic mass is 16.7. The summed E-state index contributed by atoms with van der Waals surface area (Å²) in [5, 5.41) is 2.79. The molecule has 0 radical (unpaired) electrons. The molecule has 0 aromatic heterocycles. The van der Waals surface area contributed by atoms with Crippen molar-refractivity contribution >= 4 is 29.8 Å². The molecule has 1 aromatic carbocycles. The van der Waals surface area contributed by atoms with Gasteiger partial charge in [0.05, 0.1) is 12.6 Å². The van der Waals surface area contributed by atoms with Crippen molar-refractivity contribution in [2.75, 3.05) is 13.2 Å². The molecular formula is C37H58N2O11. The molecular weight excluding hydrogens is 648 g/mol. The van der Waals surface area contributed by atoms with Crippen LogP contribution in [0.5, 0.6) is 0 Å². The Bertz CT molecular complexity index is 1170. The number of hydrogen-bond donors (Lipinski definition) is 2. The number of carbonyl (C=O) groups excluding carboxylic acids is 5. The van der Waals surface area contributed by atoms with Gasteiger partial charge in [-0.25, -0.2) is 4.79 Å². The Morgan fingerprint density at radius 3 is 1.94 bits per heavy atom. The Balaban J connectivity index is 1.98. The van der Waals surface area contributed by atoms with E-state index in [-0.39, 0.29) is 38.6 Å². The molecule has 13 heteroatoms. The van der Waals surface area contributed by atoms with Gasteiger partial charge < -0.3 is 39.5 Å². The van der Waals surface area contributed by atoms with E-state index in [1.165, 1.54) is 65.7 Å². The Labute approximate surface area is 296 Å². The van der Waals surface area contributed by atoms with E-state index in [0.717, 1.165) is 24.8 Å². The molecule has 1 fully saturated rings. The van der Waals surface area contributed by atoms with Crippen LogP contribution >= 0.6 is 0 Å². The van der Waals surface area contributed by atoms with E-state index in [0.29, 0.717) is 6.42 Å². The maximum Gasteiger partial charge on any atom is 0.329 e. The number of nitrogens with two attached hydrogens (primary N) is 1. The first-order valence-electron chi connectivity index (χ1n) is 18.0. The largest absolute Gasteiger partial charge is 0.463 e. The maximum atomic E-state index is 13.2. The first kappa shape index (κ1) is 42.6. The van der Waals surface area contributed by atoms with Crippen molar-refractivity contribution in [2.24, 2.45) is 5.73 Å². The van der Waals surface area contributed by atoms with Crippen LogP contribution < -0.4 is 11.1 Å². The van der Waals surface area contributed by atoms with Crippen molar-refractivity contribution in [3.05, 3.63) is 35.9 Å². The van der Waals surface area contributed by atoms with E-state index < -0.39 is 60.6 Å². The molecule has 1 aliphatic rings. The minimum atomic E-state index is -1.21. The van der Waals surface area contributed by atoms with Gasteiger partial charge in [-0.3, -0.25) is 19.2 Å². The van der Waals surface area contributed by atoms with Gasteiger partial charge in [0.25, 0.3) is 0 Å². The van der Waals surface area contributed by atoms with Gasteiger partial charge >= 0.3 is 23.9 Å². The molecule has 1 heterocycles. The van der Waals surface area contributed by atoms with Crippen LogP contribution in [0.25, 0.3) is 0 Å². The molecule has 3 N–H and O–H groups in total. The molecule has 0 spiro atoms. The molecule has 0 unspecified atom stereocenters. The highest BCUT2D eigenvalue weighted by molar-refractivity contribution is 5.84. The first-order valence-corrected chi connectivity index (χ1v) is 18.0. The van der Waals surface area contributed by atoms with Crippen molar-refractivity contribution in [2.45, 2.75) is 154 Å². The zero-order valence-electron chi connectivity index (χ0n) is 30.2. The van der Waals surface area contributed by atoms with Crippen molar-refractivity contribution in [1.82, 2.24) is 5.32 Å². The number of carbonyl (C=O) groups is 5. The van der Waals surface area contributed by atoms with Crippen LogP contribution in [0.3, 0.4) is 0 Å². The number of benzene rings is 1. The van der Waals surface area contributed by atoms with Gasteiger partial charge in [-0.1, -0.05) is 101 Å². The molecule has 13 nitrogen and oxygen atoms in total. The lowest BCUT2D eigenvalue weighted by molar-refractivity contribution is -0.274. The van der Waals surface area contributed by atoms with Crippen LogP contribution in [0, 0.1) is 0 Å². The Hall–Kier alpha value is -3.55. The number of rotatable bonds is 24. The minimum Gasteiger partial charge on any atom is -0.463 e.